The van der Waals surface area contributed by atoms with Gasteiger partial charge in [0, 0.05) is 0 Å². The van der Waals surface area contributed by atoms with Crippen molar-refractivity contribution in [1.29, 1.82) is 0 Å². The van der Waals surface area contributed by atoms with Crippen molar-refractivity contribution in [2.45, 2.75) is 68.2 Å². The third kappa shape index (κ3) is 15.1. The molecule has 0 aliphatic carbocycles. The molecule has 0 spiro atoms. The van der Waals surface area contributed by atoms with Crippen molar-refractivity contribution in [1.82, 2.24) is 0 Å². The SMILES string of the molecule is C[CH2][Sn]([CH2]C)[CH2]C.C[CH2][Sn]([CH2]C)[CH2]C.c1cc[c]([Ge][c]2ccccc2)cc1. The predicted octanol–water partition coefficient (Wildman–Crippen LogP) is 6.42. The molecule has 0 N–H and O–H groups in total. The zero-order valence-electron chi connectivity index (χ0n) is 18.5. The van der Waals surface area contributed by atoms with Crippen LogP contribution < -0.4 is 8.79 Å². The van der Waals surface area contributed by atoms with E-state index in [0.717, 1.165) is 0 Å². The van der Waals surface area contributed by atoms with Crippen LogP contribution >= 0.6 is 0 Å². The summed E-state index contributed by atoms with van der Waals surface area (Å²) in [6, 6.07) is 21.5. The molecule has 4 radical (unpaired) electrons. The number of hydrogen-bond donors (Lipinski definition) is 0. The van der Waals surface area contributed by atoms with Crippen LogP contribution in [0.15, 0.2) is 60.7 Å². The van der Waals surface area contributed by atoms with Crippen molar-refractivity contribution >= 4 is 63.7 Å². The van der Waals surface area contributed by atoms with Gasteiger partial charge in [0.2, 0.25) is 0 Å². The number of benzene rings is 2. The molecule has 0 saturated carbocycles. The van der Waals surface area contributed by atoms with Gasteiger partial charge in [0.05, 0.1) is 0 Å². The molecule has 0 nitrogen and oxygen atoms in total. The van der Waals surface area contributed by atoms with Gasteiger partial charge in [0.1, 0.15) is 0 Å². The average molecular weight is 639 g/mol. The van der Waals surface area contributed by atoms with Gasteiger partial charge in [0.15, 0.2) is 0 Å². The van der Waals surface area contributed by atoms with Crippen LogP contribution in [0.25, 0.3) is 0 Å². The topological polar surface area (TPSA) is 0 Å². The van der Waals surface area contributed by atoms with E-state index in [1.165, 1.54) is 8.79 Å². The zero-order valence-corrected chi connectivity index (χ0v) is 26.3. The molecule has 0 fully saturated rings. The van der Waals surface area contributed by atoms with Crippen molar-refractivity contribution in [3.8, 4) is 0 Å². The molecule has 0 aliphatic rings. The van der Waals surface area contributed by atoms with E-state index in [9.17, 15) is 0 Å². The fourth-order valence-corrected chi connectivity index (χ4v) is 13.5. The second-order valence-electron chi connectivity index (χ2n) is 6.48. The fraction of sp³-hybridized carbons (Fsp3) is 0.500. The van der Waals surface area contributed by atoms with Gasteiger partial charge in [-0.15, -0.1) is 0 Å². The van der Waals surface area contributed by atoms with Gasteiger partial charge < -0.3 is 0 Å². The molecule has 0 atom stereocenters. The number of hydrogen-bond acceptors (Lipinski definition) is 0. The molecule has 0 amide bonds. The van der Waals surface area contributed by atoms with Crippen LogP contribution in [0, 0.1) is 0 Å². The molecule has 0 heterocycles. The van der Waals surface area contributed by atoms with Crippen LogP contribution in [0.5, 0.6) is 0 Å². The third-order valence-electron chi connectivity index (χ3n) is 4.84. The minimum atomic E-state index is -0.653. The summed E-state index contributed by atoms with van der Waals surface area (Å²) < 4.78 is 12.3. The second kappa shape index (κ2) is 19.9. The molecular formula is C24H40GeSn2. The molecule has 148 valence electrons. The first-order valence-corrected chi connectivity index (χ1v) is 24.9. The summed E-state index contributed by atoms with van der Waals surface area (Å²) in [5, 5.41) is 0. The second-order valence-corrected chi connectivity index (χ2v) is 30.1. The van der Waals surface area contributed by atoms with Gasteiger partial charge in [-0.3, -0.25) is 0 Å². The van der Waals surface area contributed by atoms with E-state index in [4.69, 9.17) is 0 Å². The van der Waals surface area contributed by atoms with Crippen LogP contribution in [0.3, 0.4) is 0 Å². The van der Waals surface area contributed by atoms with Gasteiger partial charge >= 0.3 is 193 Å². The molecule has 0 saturated heterocycles. The van der Waals surface area contributed by atoms with E-state index in [0.29, 0.717) is 0 Å². The molecule has 2 aromatic carbocycles. The Hall–Kier alpha value is 0.580. The minimum absolute atomic E-state index is 0.108. The fourth-order valence-electron chi connectivity index (χ4n) is 2.71. The molecule has 0 unspecified atom stereocenters. The summed E-state index contributed by atoms with van der Waals surface area (Å²) in [5.41, 5.74) is 0. The Labute approximate surface area is 190 Å². The normalized spacial score (nSPS) is 10.1. The summed E-state index contributed by atoms with van der Waals surface area (Å²) in [5.74, 6) is 0. The zero-order chi connectivity index (χ0) is 20.3. The Balaban J connectivity index is 0.000000416. The van der Waals surface area contributed by atoms with Crippen molar-refractivity contribution in [3.05, 3.63) is 60.7 Å². The van der Waals surface area contributed by atoms with Crippen LogP contribution in [-0.2, 0) is 0 Å². The Morgan fingerprint density at radius 2 is 0.741 bits per heavy atom. The van der Waals surface area contributed by atoms with Gasteiger partial charge in [-0.1, -0.05) is 0 Å². The summed E-state index contributed by atoms with van der Waals surface area (Å²) in [6.45, 7) is 14.1. The first-order valence-electron chi connectivity index (χ1n) is 10.7. The summed E-state index contributed by atoms with van der Waals surface area (Å²) >= 11 is -1.41. The molecule has 2 rings (SSSR count). The molecule has 0 bridgehead atoms. The average Bonchev–Trinajstić information content (AvgIpc) is 2.73. The maximum absolute atomic E-state index is 2.35. The van der Waals surface area contributed by atoms with Crippen molar-refractivity contribution < 1.29 is 0 Å². The maximum atomic E-state index is 2.35. The predicted molar refractivity (Wildman–Crippen MR) is 132 cm³/mol. The number of rotatable bonds is 8. The van der Waals surface area contributed by atoms with E-state index >= 15 is 0 Å². The van der Waals surface area contributed by atoms with Crippen LogP contribution in [0.1, 0.15) is 41.5 Å². The molecular weight excluding hydrogens is 598 g/mol. The summed E-state index contributed by atoms with van der Waals surface area (Å²) in [7, 11) is 0. The van der Waals surface area contributed by atoms with E-state index in [1.54, 1.807) is 26.6 Å². The molecule has 0 aliphatic heterocycles. The molecule has 27 heavy (non-hydrogen) atoms. The first-order chi connectivity index (χ1) is 13.1. The monoisotopic (exact) mass is 642 g/mol. The quantitative estimate of drug-likeness (QED) is 0.293. The van der Waals surface area contributed by atoms with Crippen molar-refractivity contribution in [3.63, 3.8) is 0 Å². The van der Waals surface area contributed by atoms with E-state index in [2.05, 4.69) is 102 Å². The molecule has 0 aromatic heterocycles. The van der Waals surface area contributed by atoms with E-state index in [1.807, 2.05) is 0 Å². The van der Waals surface area contributed by atoms with Crippen molar-refractivity contribution in [2.75, 3.05) is 0 Å². The Bertz CT molecular complexity index is 462. The van der Waals surface area contributed by atoms with Crippen LogP contribution in [0.4, 0.5) is 0 Å². The van der Waals surface area contributed by atoms with Crippen LogP contribution in [-0.4, -0.2) is 55.0 Å². The van der Waals surface area contributed by atoms with Gasteiger partial charge in [-0.2, -0.15) is 0 Å². The van der Waals surface area contributed by atoms with E-state index < -0.39 is 39.5 Å². The van der Waals surface area contributed by atoms with E-state index in [-0.39, 0.29) is 15.4 Å². The molecule has 2 aromatic rings. The molecule has 3 heteroatoms. The Kier molecular flexibility index (Phi) is 20.3. The summed E-state index contributed by atoms with van der Waals surface area (Å²) in [4.78, 5) is 0. The van der Waals surface area contributed by atoms with Crippen molar-refractivity contribution in [2.24, 2.45) is 0 Å². The third-order valence-corrected chi connectivity index (χ3v) is 24.6. The van der Waals surface area contributed by atoms with Gasteiger partial charge in [0.25, 0.3) is 0 Å². The van der Waals surface area contributed by atoms with Gasteiger partial charge in [-0.25, -0.2) is 0 Å². The standard InChI is InChI=1S/C12H10Ge.6C2H5.2Sn/c1-3-7-11(8-4-1)13-12-9-5-2-6-10-12;6*1-2;;/h1-10H;6*1H2,2H3;;. The first kappa shape index (κ1) is 27.6. The Morgan fingerprint density at radius 1 is 0.481 bits per heavy atom. The van der Waals surface area contributed by atoms with Gasteiger partial charge in [-0.05, 0) is 0 Å². The van der Waals surface area contributed by atoms with Crippen LogP contribution in [0.2, 0.25) is 26.6 Å². The summed E-state index contributed by atoms with van der Waals surface area (Å²) in [6.07, 6.45) is 0. The Morgan fingerprint density at radius 3 is 0.926 bits per heavy atom.